The maximum absolute atomic E-state index is 5.73. The molecule has 1 aliphatic heterocycles. The van der Waals surface area contributed by atoms with Crippen LogP contribution in [0.5, 0.6) is 0 Å². The van der Waals surface area contributed by atoms with Crippen LogP contribution in [-0.4, -0.2) is 35.5 Å². The third kappa shape index (κ3) is 1.68. The van der Waals surface area contributed by atoms with Crippen molar-refractivity contribution in [2.24, 2.45) is 0 Å². The normalized spacial score (nSPS) is 29.4. The van der Waals surface area contributed by atoms with E-state index in [1.165, 1.54) is 6.42 Å². The largest absolute Gasteiger partial charge is 0.407 e. The Morgan fingerprint density at radius 3 is 3.12 bits per heavy atom. The summed E-state index contributed by atoms with van der Waals surface area (Å²) in [5.74, 6) is 0.753. The minimum Gasteiger partial charge on any atom is -0.407 e. The lowest BCUT2D eigenvalue weighted by Gasteiger charge is -2.36. The van der Waals surface area contributed by atoms with Crippen LogP contribution in [0, 0.1) is 0 Å². The number of halogens is 1. The second-order valence-corrected chi connectivity index (χ2v) is 4.48. The maximum Gasteiger partial charge on any atom is 0.318 e. The average Bonchev–Trinajstić information content (AvgIpc) is 2.97. The second kappa shape index (κ2) is 4.22. The Morgan fingerprint density at radius 1 is 1.38 bits per heavy atom. The Kier molecular flexibility index (Phi) is 2.73. The molecule has 3 rings (SSSR count). The molecule has 88 valence electrons. The molecular weight excluding hydrogens is 230 g/mol. The van der Waals surface area contributed by atoms with Crippen molar-refractivity contribution in [1.82, 2.24) is 10.2 Å². The molecule has 5 nitrogen and oxygen atoms in total. The zero-order valence-electron chi connectivity index (χ0n) is 8.93. The van der Waals surface area contributed by atoms with Crippen molar-refractivity contribution in [3.8, 4) is 0 Å². The fourth-order valence-corrected chi connectivity index (χ4v) is 2.69. The maximum atomic E-state index is 5.73. The highest BCUT2D eigenvalue weighted by Crippen LogP contribution is 2.32. The standard InChI is InChI=1S/C10H14ClN3O2/c11-6-9-12-13-10(16-9)14-4-5-15-8-3-1-2-7(8)14/h7-8H,1-6H2. The van der Waals surface area contributed by atoms with Crippen molar-refractivity contribution in [2.45, 2.75) is 37.3 Å². The van der Waals surface area contributed by atoms with Crippen LogP contribution in [0.4, 0.5) is 6.01 Å². The molecule has 0 aromatic carbocycles. The first kappa shape index (κ1) is 10.4. The number of ether oxygens (including phenoxy) is 1. The number of hydrogen-bond acceptors (Lipinski definition) is 5. The highest BCUT2D eigenvalue weighted by Gasteiger charge is 2.38. The minimum absolute atomic E-state index is 0.269. The summed E-state index contributed by atoms with van der Waals surface area (Å²) < 4.78 is 11.2. The summed E-state index contributed by atoms with van der Waals surface area (Å²) in [6.45, 7) is 1.56. The van der Waals surface area contributed by atoms with Gasteiger partial charge in [0.15, 0.2) is 0 Å². The van der Waals surface area contributed by atoms with Crippen molar-refractivity contribution >= 4 is 17.6 Å². The molecule has 2 fully saturated rings. The van der Waals surface area contributed by atoms with Crippen LogP contribution < -0.4 is 4.90 Å². The number of rotatable bonds is 2. The molecule has 2 aliphatic rings. The van der Waals surface area contributed by atoms with Gasteiger partial charge in [0.2, 0.25) is 5.89 Å². The van der Waals surface area contributed by atoms with E-state index in [1.54, 1.807) is 0 Å². The number of alkyl halides is 1. The van der Waals surface area contributed by atoms with E-state index < -0.39 is 0 Å². The number of aromatic nitrogens is 2. The van der Waals surface area contributed by atoms with E-state index in [1.807, 2.05) is 0 Å². The first-order chi connectivity index (χ1) is 7.88. The molecule has 1 aromatic heterocycles. The number of fused-ring (bicyclic) bond motifs is 1. The van der Waals surface area contributed by atoms with E-state index in [9.17, 15) is 0 Å². The number of morpholine rings is 1. The van der Waals surface area contributed by atoms with Crippen molar-refractivity contribution in [3.05, 3.63) is 5.89 Å². The van der Waals surface area contributed by atoms with Gasteiger partial charge < -0.3 is 14.1 Å². The van der Waals surface area contributed by atoms with Gasteiger partial charge in [-0.25, -0.2) is 0 Å². The fraction of sp³-hybridized carbons (Fsp3) is 0.800. The van der Waals surface area contributed by atoms with Gasteiger partial charge >= 0.3 is 6.01 Å². The zero-order chi connectivity index (χ0) is 11.0. The summed E-state index contributed by atoms with van der Waals surface area (Å²) in [4.78, 5) is 2.17. The van der Waals surface area contributed by atoms with Crippen molar-refractivity contribution in [1.29, 1.82) is 0 Å². The predicted molar refractivity (Wildman–Crippen MR) is 58.6 cm³/mol. The topological polar surface area (TPSA) is 51.4 Å². The molecule has 0 radical (unpaired) electrons. The molecule has 1 saturated carbocycles. The summed E-state index contributed by atoms with van der Waals surface area (Å²) in [5, 5.41) is 7.93. The molecule has 0 bridgehead atoms. The number of anilines is 1. The van der Waals surface area contributed by atoms with Crippen molar-refractivity contribution in [3.63, 3.8) is 0 Å². The van der Waals surface area contributed by atoms with Gasteiger partial charge in [-0.15, -0.1) is 16.7 Å². The van der Waals surface area contributed by atoms with Crippen LogP contribution in [0.2, 0.25) is 0 Å². The summed E-state index contributed by atoms with van der Waals surface area (Å²) in [7, 11) is 0. The Balaban J connectivity index is 1.82. The fourth-order valence-electron chi connectivity index (χ4n) is 2.58. The Labute approximate surface area is 98.7 Å². The van der Waals surface area contributed by atoms with Gasteiger partial charge in [-0.2, -0.15) is 0 Å². The van der Waals surface area contributed by atoms with Crippen molar-refractivity contribution in [2.75, 3.05) is 18.1 Å². The lowest BCUT2D eigenvalue weighted by atomic mass is 10.1. The first-order valence-electron chi connectivity index (χ1n) is 5.65. The molecule has 0 N–H and O–H groups in total. The molecule has 16 heavy (non-hydrogen) atoms. The van der Waals surface area contributed by atoms with Crippen molar-refractivity contribution < 1.29 is 9.15 Å². The van der Waals surface area contributed by atoms with E-state index in [-0.39, 0.29) is 5.88 Å². The first-order valence-corrected chi connectivity index (χ1v) is 6.18. The third-order valence-corrected chi connectivity index (χ3v) is 3.53. The molecule has 2 atom stereocenters. The summed E-state index contributed by atoms with van der Waals surface area (Å²) in [6, 6.07) is 0.994. The summed E-state index contributed by atoms with van der Waals surface area (Å²) in [5.41, 5.74) is 0. The van der Waals surface area contributed by atoms with Crippen LogP contribution in [0.1, 0.15) is 25.2 Å². The van der Waals surface area contributed by atoms with Gasteiger partial charge in [0.05, 0.1) is 18.8 Å². The highest BCUT2D eigenvalue weighted by atomic mass is 35.5. The van der Waals surface area contributed by atoms with Gasteiger partial charge in [-0.3, -0.25) is 0 Å². The Morgan fingerprint density at radius 2 is 2.31 bits per heavy atom. The predicted octanol–water partition coefficient (Wildman–Crippen LogP) is 1.57. The molecule has 2 unspecified atom stereocenters. The molecule has 0 amide bonds. The van der Waals surface area contributed by atoms with Gasteiger partial charge in [0.25, 0.3) is 0 Å². The molecule has 1 saturated heterocycles. The smallest absolute Gasteiger partial charge is 0.318 e. The third-order valence-electron chi connectivity index (χ3n) is 3.30. The van der Waals surface area contributed by atoms with Gasteiger partial charge in [0, 0.05) is 6.54 Å². The van der Waals surface area contributed by atoms with Crippen LogP contribution >= 0.6 is 11.6 Å². The summed E-state index contributed by atoms with van der Waals surface area (Å²) in [6.07, 6.45) is 3.82. The van der Waals surface area contributed by atoms with Crippen LogP contribution in [0.25, 0.3) is 0 Å². The van der Waals surface area contributed by atoms with Crippen LogP contribution in [-0.2, 0) is 10.6 Å². The minimum atomic E-state index is 0.269. The number of nitrogens with zero attached hydrogens (tertiary/aromatic N) is 3. The number of hydrogen-bond donors (Lipinski definition) is 0. The lowest BCUT2D eigenvalue weighted by molar-refractivity contribution is 0.0236. The molecule has 0 spiro atoms. The molecular formula is C10H14ClN3O2. The van der Waals surface area contributed by atoms with Crippen LogP contribution in [0.15, 0.2) is 4.42 Å². The van der Waals surface area contributed by atoms with Gasteiger partial charge in [-0.1, -0.05) is 5.10 Å². The highest BCUT2D eigenvalue weighted by molar-refractivity contribution is 6.16. The van der Waals surface area contributed by atoms with Crippen LogP contribution in [0.3, 0.4) is 0 Å². The Bertz CT molecular complexity index is 371. The SMILES string of the molecule is ClCc1nnc(N2CCOC3CCCC32)o1. The van der Waals surface area contributed by atoms with E-state index in [0.717, 1.165) is 26.0 Å². The second-order valence-electron chi connectivity index (χ2n) is 4.21. The Hall–Kier alpha value is -0.810. The van der Waals surface area contributed by atoms with E-state index in [4.69, 9.17) is 20.8 Å². The molecule has 1 aromatic rings. The molecule has 1 aliphatic carbocycles. The lowest BCUT2D eigenvalue weighted by Crippen LogP contribution is -2.48. The quantitative estimate of drug-likeness (QED) is 0.738. The van der Waals surface area contributed by atoms with E-state index >= 15 is 0 Å². The molecule has 6 heteroatoms. The van der Waals surface area contributed by atoms with E-state index in [0.29, 0.717) is 24.1 Å². The van der Waals surface area contributed by atoms with Gasteiger partial charge in [0.1, 0.15) is 5.88 Å². The van der Waals surface area contributed by atoms with Gasteiger partial charge in [-0.05, 0) is 19.3 Å². The van der Waals surface area contributed by atoms with E-state index in [2.05, 4.69) is 15.1 Å². The summed E-state index contributed by atoms with van der Waals surface area (Å²) >= 11 is 5.65. The monoisotopic (exact) mass is 243 g/mol. The average molecular weight is 244 g/mol. The zero-order valence-corrected chi connectivity index (χ0v) is 9.69. The molecule has 2 heterocycles.